The fourth-order valence-corrected chi connectivity index (χ4v) is 2.07. The van der Waals surface area contributed by atoms with Crippen molar-refractivity contribution in [3.05, 3.63) is 55.0 Å². The molecule has 2 aromatic heterocycles. The largest absolute Gasteiger partial charge is 0.455 e. The van der Waals surface area contributed by atoms with Crippen molar-refractivity contribution in [3.63, 3.8) is 0 Å². The molecule has 4 heteroatoms. The lowest BCUT2D eigenvalue weighted by molar-refractivity contribution is 0.486. The molecule has 0 radical (unpaired) electrons. The predicted molar refractivity (Wildman–Crippen MR) is 80.2 cm³/mol. The van der Waals surface area contributed by atoms with Crippen molar-refractivity contribution >= 4 is 16.6 Å². The molecule has 0 bridgehead atoms. The first-order valence-electron chi connectivity index (χ1n) is 6.57. The number of aromatic nitrogens is 2. The fourth-order valence-electron chi connectivity index (χ4n) is 2.07. The van der Waals surface area contributed by atoms with Gasteiger partial charge in [0, 0.05) is 24.2 Å². The molecule has 0 fully saturated rings. The third kappa shape index (κ3) is 2.54. The third-order valence-electron chi connectivity index (χ3n) is 2.93. The summed E-state index contributed by atoms with van der Waals surface area (Å²) in [5.41, 5.74) is 1.86. The van der Waals surface area contributed by atoms with Crippen molar-refractivity contribution in [3.8, 4) is 11.5 Å². The van der Waals surface area contributed by atoms with Crippen LogP contribution in [0.25, 0.3) is 10.9 Å². The Morgan fingerprint density at radius 1 is 1.15 bits per heavy atom. The standard InChI is InChI=1S/C16H15N3O/c1-2-18-12-9-13(11-17-10-12)20-16-7-3-6-15-14(16)5-4-8-19-15/h3-11,18H,2H2,1H3. The van der Waals surface area contributed by atoms with Gasteiger partial charge >= 0.3 is 0 Å². The molecule has 0 aliphatic rings. The SMILES string of the molecule is CCNc1cncc(Oc2cccc3ncccc23)c1. The number of ether oxygens (including phenoxy) is 1. The Morgan fingerprint density at radius 3 is 3.00 bits per heavy atom. The van der Waals surface area contributed by atoms with Crippen LogP contribution in [0.5, 0.6) is 11.5 Å². The molecule has 0 saturated heterocycles. The molecule has 4 nitrogen and oxygen atoms in total. The highest BCUT2D eigenvalue weighted by molar-refractivity contribution is 5.85. The monoisotopic (exact) mass is 265 g/mol. The number of nitrogens with zero attached hydrogens (tertiary/aromatic N) is 2. The molecule has 0 aliphatic carbocycles. The van der Waals surface area contributed by atoms with Crippen molar-refractivity contribution in [1.82, 2.24) is 9.97 Å². The lowest BCUT2D eigenvalue weighted by atomic mass is 10.2. The van der Waals surface area contributed by atoms with Crippen molar-refractivity contribution in [2.75, 3.05) is 11.9 Å². The van der Waals surface area contributed by atoms with E-state index >= 15 is 0 Å². The number of nitrogens with one attached hydrogen (secondary N) is 1. The van der Waals surface area contributed by atoms with Crippen LogP contribution in [-0.4, -0.2) is 16.5 Å². The summed E-state index contributed by atoms with van der Waals surface area (Å²) in [5.74, 6) is 1.49. The van der Waals surface area contributed by atoms with Crippen LogP contribution >= 0.6 is 0 Å². The quantitative estimate of drug-likeness (QED) is 0.778. The number of rotatable bonds is 4. The van der Waals surface area contributed by atoms with Gasteiger partial charge in [0.15, 0.2) is 0 Å². The van der Waals surface area contributed by atoms with Crippen LogP contribution in [0.15, 0.2) is 55.0 Å². The maximum atomic E-state index is 5.94. The zero-order valence-electron chi connectivity index (χ0n) is 11.2. The molecule has 3 aromatic rings. The van der Waals surface area contributed by atoms with Gasteiger partial charge in [0.05, 0.1) is 23.6 Å². The van der Waals surface area contributed by atoms with Crippen LogP contribution < -0.4 is 10.1 Å². The molecular weight excluding hydrogens is 250 g/mol. The highest BCUT2D eigenvalue weighted by Crippen LogP contribution is 2.29. The van der Waals surface area contributed by atoms with E-state index in [2.05, 4.69) is 15.3 Å². The minimum absolute atomic E-state index is 0.708. The fraction of sp³-hybridized carbons (Fsp3) is 0.125. The highest BCUT2D eigenvalue weighted by atomic mass is 16.5. The summed E-state index contributed by atoms with van der Waals surface area (Å²) in [5, 5.41) is 4.21. The summed E-state index contributed by atoms with van der Waals surface area (Å²) in [6.45, 7) is 2.90. The first-order chi connectivity index (χ1) is 9.86. The topological polar surface area (TPSA) is 47.0 Å². The summed E-state index contributed by atoms with van der Waals surface area (Å²) in [4.78, 5) is 8.50. The van der Waals surface area contributed by atoms with Gasteiger partial charge in [-0.05, 0) is 31.2 Å². The number of pyridine rings is 2. The molecule has 0 atom stereocenters. The second-order valence-corrected chi connectivity index (χ2v) is 4.37. The second-order valence-electron chi connectivity index (χ2n) is 4.37. The van der Waals surface area contributed by atoms with Crippen LogP contribution in [0.4, 0.5) is 5.69 Å². The Hall–Kier alpha value is -2.62. The normalized spacial score (nSPS) is 10.4. The molecule has 0 spiro atoms. The Labute approximate surface area is 117 Å². The van der Waals surface area contributed by atoms with Crippen molar-refractivity contribution in [2.24, 2.45) is 0 Å². The van der Waals surface area contributed by atoms with E-state index in [0.29, 0.717) is 5.75 Å². The summed E-state index contributed by atoms with van der Waals surface area (Å²) >= 11 is 0. The number of hydrogen-bond donors (Lipinski definition) is 1. The van der Waals surface area contributed by atoms with Gasteiger partial charge in [-0.1, -0.05) is 6.07 Å². The Bertz CT molecular complexity index is 722. The van der Waals surface area contributed by atoms with Gasteiger partial charge in [-0.2, -0.15) is 0 Å². The zero-order valence-corrected chi connectivity index (χ0v) is 11.2. The minimum atomic E-state index is 0.708. The number of hydrogen-bond acceptors (Lipinski definition) is 4. The minimum Gasteiger partial charge on any atom is -0.455 e. The second kappa shape index (κ2) is 5.57. The van der Waals surface area contributed by atoms with E-state index in [-0.39, 0.29) is 0 Å². The maximum absolute atomic E-state index is 5.94. The van der Waals surface area contributed by atoms with E-state index in [1.807, 2.05) is 43.3 Å². The van der Waals surface area contributed by atoms with Gasteiger partial charge in [-0.15, -0.1) is 0 Å². The van der Waals surface area contributed by atoms with Gasteiger partial charge < -0.3 is 10.1 Å². The Kier molecular flexibility index (Phi) is 3.46. The number of benzene rings is 1. The molecular formula is C16H15N3O. The summed E-state index contributed by atoms with van der Waals surface area (Å²) in [7, 11) is 0. The molecule has 3 rings (SSSR count). The van der Waals surface area contributed by atoms with E-state index < -0.39 is 0 Å². The smallest absolute Gasteiger partial charge is 0.147 e. The average molecular weight is 265 g/mol. The summed E-state index contributed by atoms with van der Waals surface area (Å²) in [6.07, 6.45) is 5.26. The van der Waals surface area contributed by atoms with E-state index in [0.717, 1.165) is 28.9 Å². The molecule has 2 heterocycles. The molecule has 0 aliphatic heterocycles. The molecule has 20 heavy (non-hydrogen) atoms. The number of fused-ring (bicyclic) bond motifs is 1. The Morgan fingerprint density at radius 2 is 2.10 bits per heavy atom. The molecule has 0 saturated carbocycles. The lowest BCUT2D eigenvalue weighted by Crippen LogP contribution is -1.97. The average Bonchev–Trinajstić information content (AvgIpc) is 2.48. The van der Waals surface area contributed by atoms with E-state index in [4.69, 9.17) is 4.74 Å². The molecule has 1 aromatic carbocycles. The van der Waals surface area contributed by atoms with Crippen LogP contribution in [0.1, 0.15) is 6.92 Å². The summed E-state index contributed by atoms with van der Waals surface area (Å²) < 4.78 is 5.94. The molecule has 100 valence electrons. The first-order valence-corrected chi connectivity index (χ1v) is 6.57. The van der Waals surface area contributed by atoms with Crippen molar-refractivity contribution in [2.45, 2.75) is 6.92 Å². The van der Waals surface area contributed by atoms with Gasteiger partial charge in [-0.3, -0.25) is 9.97 Å². The van der Waals surface area contributed by atoms with Crippen molar-refractivity contribution in [1.29, 1.82) is 0 Å². The van der Waals surface area contributed by atoms with Crippen LogP contribution in [0.3, 0.4) is 0 Å². The van der Waals surface area contributed by atoms with E-state index in [9.17, 15) is 0 Å². The third-order valence-corrected chi connectivity index (χ3v) is 2.93. The summed E-state index contributed by atoms with van der Waals surface area (Å²) in [6, 6.07) is 11.7. The lowest BCUT2D eigenvalue weighted by Gasteiger charge is -2.09. The Balaban J connectivity index is 1.95. The van der Waals surface area contributed by atoms with Crippen LogP contribution in [-0.2, 0) is 0 Å². The molecule has 0 unspecified atom stereocenters. The van der Waals surface area contributed by atoms with Gasteiger partial charge in [0.2, 0.25) is 0 Å². The van der Waals surface area contributed by atoms with Crippen LogP contribution in [0, 0.1) is 0 Å². The van der Waals surface area contributed by atoms with Gasteiger partial charge in [0.25, 0.3) is 0 Å². The highest BCUT2D eigenvalue weighted by Gasteiger charge is 2.04. The van der Waals surface area contributed by atoms with Crippen molar-refractivity contribution < 1.29 is 4.74 Å². The van der Waals surface area contributed by atoms with Crippen LogP contribution in [0.2, 0.25) is 0 Å². The predicted octanol–water partition coefficient (Wildman–Crippen LogP) is 3.85. The number of anilines is 1. The van der Waals surface area contributed by atoms with E-state index in [1.54, 1.807) is 18.6 Å². The maximum Gasteiger partial charge on any atom is 0.147 e. The zero-order chi connectivity index (χ0) is 13.8. The molecule has 0 amide bonds. The molecule has 1 N–H and O–H groups in total. The first kappa shape index (κ1) is 12.4. The van der Waals surface area contributed by atoms with Gasteiger partial charge in [0.1, 0.15) is 11.5 Å². The van der Waals surface area contributed by atoms with E-state index in [1.165, 1.54) is 0 Å². The van der Waals surface area contributed by atoms with Gasteiger partial charge in [-0.25, -0.2) is 0 Å².